The zero-order chi connectivity index (χ0) is 14.0. The lowest BCUT2D eigenvalue weighted by Gasteiger charge is -2.17. The lowest BCUT2D eigenvalue weighted by atomic mass is 10.0. The second-order valence-corrected chi connectivity index (χ2v) is 7.19. The largest absolute Gasteiger partial charge is 0.491 e. The van der Waals surface area contributed by atoms with Crippen LogP contribution in [0, 0.1) is 6.92 Å². The summed E-state index contributed by atoms with van der Waals surface area (Å²) < 4.78 is 6.98. The first-order chi connectivity index (χ1) is 8.99. The van der Waals surface area contributed by atoms with Crippen LogP contribution in [-0.2, 0) is 0 Å². The lowest BCUT2D eigenvalue weighted by Crippen LogP contribution is -2.14. The van der Waals surface area contributed by atoms with Gasteiger partial charge in [-0.05, 0) is 54.4 Å². The van der Waals surface area contributed by atoms with Crippen LogP contribution in [0.2, 0.25) is 0 Å². The van der Waals surface area contributed by atoms with Gasteiger partial charge in [-0.1, -0.05) is 18.2 Å². The maximum absolute atomic E-state index is 6.38. The molecule has 4 heteroatoms. The molecular weight excluding hydrogens is 322 g/mol. The van der Waals surface area contributed by atoms with Crippen molar-refractivity contribution in [2.24, 2.45) is 5.73 Å². The molecule has 19 heavy (non-hydrogen) atoms. The molecule has 1 aromatic carbocycles. The van der Waals surface area contributed by atoms with Gasteiger partial charge in [-0.15, -0.1) is 11.3 Å². The molecule has 1 atom stereocenters. The van der Waals surface area contributed by atoms with E-state index in [1.807, 2.05) is 38.1 Å². The van der Waals surface area contributed by atoms with Gasteiger partial charge in [0.05, 0.1) is 15.9 Å². The molecule has 0 saturated carbocycles. The van der Waals surface area contributed by atoms with Crippen molar-refractivity contribution in [2.75, 3.05) is 0 Å². The Balaban J connectivity index is 2.35. The highest BCUT2D eigenvalue weighted by Crippen LogP contribution is 2.36. The van der Waals surface area contributed by atoms with E-state index < -0.39 is 0 Å². The Hall–Kier alpha value is -0.840. The Morgan fingerprint density at radius 1 is 1.26 bits per heavy atom. The SMILES string of the molecule is Cc1cc(C(N)c2ccccc2OC(C)C)sc1Br. The molecule has 0 spiro atoms. The summed E-state index contributed by atoms with van der Waals surface area (Å²) >= 11 is 5.23. The maximum atomic E-state index is 6.38. The number of para-hydroxylation sites is 1. The number of aryl methyl sites for hydroxylation is 1. The highest BCUT2D eigenvalue weighted by Gasteiger charge is 2.17. The van der Waals surface area contributed by atoms with Crippen LogP contribution in [0.1, 0.15) is 35.9 Å². The fourth-order valence-corrected chi connectivity index (χ4v) is 3.48. The summed E-state index contributed by atoms with van der Waals surface area (Å²) in [5, 5.41) is 0. The van der Waals surface area contributed by atoms with E-state index in [2.05, 4.69) is 28.9 Å². The molecule has 0 radical (unpaired) electrons. The van der Waals surface area contributed by atoms with Crippen molar-refractivity contribution < 1.29 is 4.74 Å². The van der Waals surface area contributed by atoms with Gasteiger partial charge in [0.1, 0.15) is 5.75 Å². The Morgan fingerprint density at radius 3 is 2.53 bits per heavy atom. The van der Waals surface area contributed by atoms with Crippen LogP contribution in [0.25, 0.3) is 0 Å². The summed E-state index contributed by atoms with van der Waals surface area (Å²) in [6, 6.07) is 9.97. The third-order valence-electron chi connectivity index (χ3n) is 2.80. The highest BCUT2D eigenvalue weighted by atomic mass is 79.9. The Morgan fingerprint density at radius 2 is 1.95 bits per heavy atom. The van der Waals surface area contributed by atoms with Crippen LogP contribution in [0.5, 0.6) is 5.75 Å². The van der Waals surface area contributed by atoms with Crippen molar-refractivity contribution in [1.82, 2.24) is 0 Å². The first-order valence-electron chi connectivity index (χ1n) is 6.26. The first-order valence-corrected chi connectivity index (χ1v) is 7.87. The predicted octanol–water partition coefficient (Wildman–Crippen LogP) is 4.65. The summed E-state index contributed by atoms with van der Waals surface area (Å²) in [5.41, 5.74) is 8.64. The summed E-state index contributed by atoms with van der Waals surface area (Å²) in [6.07, 6.45) is 0.144. The third kappa shape index (κ3) is 3.38. The minimum Gasteiger partial charge on any atom is -0.491 e. The van der Waals surface area contributed by atoms with Gasteiger partial charge in [-0.2, -0.15) is 0 Å². The highest BCUT2D eigenvalue weighted by molar-refractivity contribution is 9.11. The first kappa shape index (κ1) is 14.6. The van der Waals surface area contributed by atoms with Crippen molar-refractivity contribution in [1.29, 1.82) is 0 Å². The molecule has 1 heterocycles. The van der Waals surface area contributed by atoms with E-state index in [9.17, 15) is 0 Å². The van der Waals surface area contributed by atoms with Crippen molar-refractivity contribution in [3.05, 3.63) is 50.1 Å². The molecular formula is C15H18BrNOS. The van der Waals surface area contributed by atoms with Gasteiger partial charge in [0, 0.05) is 10.4 Å². The van der Waals surface area contributed by atoms with Crippen molar-refractivity contribution in [3.63, 3.8) is 0 Å². The van der Waals surface area contributed by atoms with E-state index in [4.69, 9.17) is 10.5 Å². The standard InChI is InChI=1S/C15H18BrNOS/c1-9(2)18-12-7-5-4-6-11(12)14(17)13-8-10(3)15(16)19-13/h4-9,14H,17H2,1-3H3. The molecule has 1 aromatic heterocycles. The smallest absolute Gasteiger partial charge is 0.124 e. The molecule has 1 unspecified atom stereocenters. The molecule has 0 bridgehead atoms. The van der Waals surface area contributed by atoms with E-state index >= 15 is 0 Å². The average molecular weight is 340 g/mol. The summed E-state index contributed by atoms with van der Waals surface area (Å²) in [6.45, 7) is 6.12. The van der Waals surface area contributed by atoms with E-state index in [0.717, 1.165) is 20.0 Å². The van der Waals surface area contributed by atoms with Crippen LogP contribution in [0.15, 0.2) is 34.1 Å². The predicted molar refractivity (Wildman–Crippen MR) is 85.0 cm³/mol. The number of hydrogen-bond acceptors (Lipinski definition) is 3. The van der Waals surface area contributed by atoms with Gasteiger partial charge in [-0.3, -0.25) is 0 Å². The van der Waals surface area contributed by atoms with E-state index in [1.165, 1.54) is 5.56 Å². The number of nitrogens with two attached hydrogens (primary N) is 1. The number of benzene rings is 1. The average Bonchev–Trinajstić information content (AvgIpc) is 2.69. The number of rotatable bonds is 4. The second kappa shape index (κ2) is 6.07. The molecule has 0 amide bonds. The summed E-state index contributed by atoms with van der Waals surface area (Å²) in [4.78, 5) is 1.14. The van der Waals surface area contributed by atoms with E-state index in [-0.39, 0.29) is 12.1 Å². The van der Waals surface area contributed by atoms with E-state index in [0.29, 0.717) is 0 Å². The molecule has 2 aromatic rings. The van der Waals surface area contributed by atoms with Crippen LogP contribution < -0.4 is 10.5 Å². The topological polar surface area (TPSA) is 35.2 Å². The monoisotopic (exact) mass is 339 g/mol. The van der Waals surface area contributed by atoms with Gasteiger partial charge in [0.15, 0.2) is 0 Å². The van der Waals surface area contributed by atoms with Crippen LogP contribution >= 0.6 is 27.3 Å². The quantitative estimate of drug-likeness (QED) is 0.879. The zero-order valence-electron chi connectivity index (χ0n) is 11.3. The minimum atomic E-state index is -0.148. The molecule has 0 aliphatic carbocycles. The number of thiophene rings is 1. The molecule has 2 rings (SSSR count). The van der Waals surface area contributed by atoms with Crippen LogP contribution in [-0.4, -0.2) is 6.10 Å². The van der Waals surface area contributed by atoms with Crippen LogP contribution in [0.4, 0.5) is 0 Å². The Bertz CT molecular complexity index is 546. The van der Waals surface area contributed by atoms with Gasteiger partial charge in [0.2, 0.25) is 0 Å². The maximum Gasteiger partial charge on any atom is 0.124 e. The molecule has 2 nitrogen and oxygen atoms in total. The fraction of sp³-hybridized carbons (Fsp3) is 0.333. The van der Waals surface area contributed by atoms with Gasteiger partial charge in [-0.25, -0.2) is 0 Å². The number of halogens is 1. The van der Waals surface area contributed by atoms with Crippen molar-refractivity contribution in [3.8, 4) is 5.75 Å². The molecule has 102 valence electrons. The Kier molecular flexibility index (Phi) is 4.66. The van der Waals surface area contributed by atoms with Crippen LogP contribution in [0.3, 0.4) is 0 Å². The molecule has 0 aliphatic heterocycles. The molecule has 0 aliphatic rings. The van der Waals surface area contributed by atoms with Crippen molar-refractivity contribution >= 4 is 27.3 Å². The van der Waals surface area contributed by atoms with Gasteiger partial charge < -0.3 is 10.5 Å². The van der Waals surface area contributed by atoms with Crippen molar-refractivity contribution in [2.45, 2.75) is 32.9 Å². The minimum absolute atomic E-state index is 0.144. The Labute approximate surface area is 126 Å². The van der Waals surface area contributed by atoms with Gasteiger partial charge >= 0.3 is 0 Å². The summed E-state index contributed by atoms with van der Waals surface area (Å²) in [7, 11) is 0. The summed E-state index contributed by atoms with van der Waals surface area (Å²) in [5.74, 6) is 0.868. The second-order valence-electron chi connectivity index (χ2n) is 4.79. The van der Waals surface area contributed by atoms with E-state index in [1.54, 1.807) is 11.3 Å². The molecule has 2 N–H and O–H groups in total. The number of ether oxygens (including phenoxy) is 1. The fourth-order valence-electron chi connectivity index (χ4n) is 1.89. The molecule has 0 saturated heterocycles. The van der Waals surface area contributed by atoms with Gasteiger partial charge in [0.25, 0.3) is 0 Å². The normalized spacial score (nSPS) is 12.7. The number of hydrogen-bond donors (Lipinski definition) is 1. The third-order valence-corrected chi connectivity index (χ3v) is 5.02. The zero-order valence-corrected chi connectivity index (χ0v) is 13.7. The molecule has 0 fully saturated rings. The lowest BCUT2D eigenvalue weighted by molar-refractivity contribution is 0.239.